The summed E-state index contributed by atoms with van der Waals surface area (Å²) in [5.41, 5.74) is 2.39. The molecule has 0 aliphatic carbocycles. The molecular weight excluding hydrogens is 398 g/mol. The van der Waals surface area contributed by atoms with Crippen LogP contribution in [0.3, 0.4) is 0 Å². The highest BCUT2D eigenvalue weighted by Crippen LogP contribution is 2.32. The van der Waals surface area contributed by atoms with Gasteiger partial charge in [0.25, 0.3) is 5.91 Å². The van der Waals surface area contributed by atoms with Crippen molar-refractivity contribution in [3.8, 4) is 17.0 Å². The molecule has 2 heterocycles. The molecule has 1 aliphatic rings. The number of ether oxygens (including phenoxy) is 1. The van der Waals surface area contributed by atoms with Crippen LogP contribution in [-0.2, 0) is 9.59 Å². The van der Waals surface area contributed by atoms with Crippen LogP contribution in [0.2, 0.25) is 0 Å². The van der Waals surface area contributed by atoms with E-state index in [0.29, 0.717) is 16.6 Å². The molecule has 0 fully saturated rings. The molecule has 6 nitrogen and oxygen atoms in total. The number of amides is 2. The van der Waals surface area contributed by atoms with Gasteiger partial charge in [-0.1, -0.05) is 48.5 Å². The minimum atomic E-state index is -0.306. The van der Waals surface area contributed by atoms with Crippen LogP contribution < -0.4 is 15.0 Å². The van der Waals surface area contributed by atoms with Crippen molar-refractivity contribution in [1.29, 1.82) is 0 Å². The number of nitrogens with one attached hydrogen (secondary N) is 1. The zero-order chi connectivity index (χ0) is 20.5. The Morgan fingerprint density at radius 3 is 2.77 bits per heavy atom. The Kier molecular flexibility index (Phi) is 4.65. The van der Waals surface area contributed by atoms with Crippen molar-refractivity contribution in [3.63, 3.8) is 0 Å². The maximum atomic E-state index is 12.6. The number of fused-ring (bicyclic) bond motifs is 2. The molecule has 7 heteroatoms. The first-order chi connectivity index (χ1) is 14.7. The molecule has 0 radical (unpaired) electrons. The molecule has 2 amide bonds. The maximum absolute atomic E-state index is 12.6. The van der Waals surface area contributed by atoms with Gasteiger partial charge in [0, 0.05) is 10.9 Å². The molecule has 0 saturated carbocycles. The fraction of sp³-hybridized carbons (Fsp3) is 0.0870. The lowest BCUT2D eigenvalue weighted by Crippen LogP contribution is -2.43. The van der Waals surface area contributed by atoms with Crippen LogP contribution in [0, 0.1) is 0 Å². The average molecular weight is 415 g/mol. The molecule has 1 aliphatic heterocycles. The molecule has 3 aromatic carbocycles. The SMILES string of the molecule is O=C(CN1C(=O)COc2ccccc21)Nc1nc(-c2ccc3ccccc3c2)cs1. The highest BCUT2D eigenvalue weighted by atomic mass is 32.1. The highest BCUT2D eigenvalue weighted by Gasteiger charge is 2.27. The average Bonchev–Trinajstić information content (AvgIpc) is 3.24. The molecule has 30 heavy (non-hydrogen) atoms. The molecular formula is C23H17N3O3S. The summed E-state index contributed by atoms with van der Waals surface area (Å²) in [6.45, 7) is -0.169. The number of thiazole rings is 1. The van der Waals surface area contributed by atoms with Crippen molar-refractivity contribution in [2.24, 2.45) is 0 Å². The molecule has 1 N–H and O–H groups in total. The number of rotatable bonds is 4. The molecule has 0 bridgehead atoms. The first-order valence-corrected chi connectivity index (χ1v) is 10.3. The molecule has 1 aromatic heterocycles. The van der Waals surface area contributed by atoms with E-state index in [2.05, 4.69) is 34.6 Å². The van der Waals surface area contributed by atoms with Gasteiger partial charge in [-0.2, -0.15) is 0 Å². The number of anilines is 2. The second kappa shape index (κ2) is 7.61. The Labute approximate surface area is 176 Å². The monoisotopic (exact) mass is 415 g/mol. The molecule has 5 rings (SSSR count). The predicted octanol–water partition coefficient (Wildman–Crippen LogP) is 4.33. The van der Waals surface area contributed by atoms with E-state index < -0.39 is 0 Å². The van der Waals surface area contributed by atoms with Crippen LogP contribution >= 0.6 is 11.3 Å². The Morgan fingerprint density at radius 1 is 1.07 bits per heavy atom. The zero-order valence-electron chi connectivity index (χ0n) is 15.9. The van der Waals surface area contributed by atoms with E-state index in [1.165, 1.54) is 21.6 Å². The second-order valence-corrected chi connectivity index (χ2v) is 7.74. The van der Waals surface area contributed by atoms with Crippen LogP contribution in [-0.4, -0.2) is 29.9 Å². The van der Waals surface area contributed by atoms with Gasteiger partial charge in [0.2, 0.25) is 5.91 Å². The van der Waals surface area contributed by atoms with Crippen molar-refractivity contribution >= 4 is 44.7 Å². The fourth-order valence-electron chi connectivity index (χ4n) is 3.44. The number of para-hydroxylation sites is 2. The quantitative estimate of drug-likeness (QED) is 0.539. The first kappa shape index (κ1) is 18.3. The van der Waals surface area contributed by atoms with Crippen molar-refractivity contribution < 1.29 is 14.3 Å². The van der Waals surface area contributed by atoms with E-state index in [1.807, 2.05) is 35.7 Å². The lowest BCUT2D eigenvalue weighted by atomic mass is 10.1. The number of benzene rings is 3. The number of nitrogens with zero attached hydrogens (tertiary/aromatic N) is 2. The van der Waals surface area contributed by atoms with Gasteiger partial charge in [-0.15, -0.1) is 11.3 Å². The van der Waals surface area contributed by atoms with Crippen molar-refractivity contribution in [1.82, 2.24) is 4.98 Å². The Hall–Kier alpha value is -3.71. The normalized spacial score (nSPS) is 13.1. The van der Waals surface area contributed by atoms with E-state index in [4.69, 9.17) is 4.74 Å². The first-order valence-electron chi connectivity index (χ1n) is 9.44. The summed E-state index contributed by atoms with van der Waals surface area (Å²) in [6, 6.07) is 21.5. The van der Waals surface area contributed by atoms with Crippen LogP contribution in [0.25, 0.3) is 22.0 Å². The molecule has 0 atom stereocenters. The molecule has 0 spiro atoms. The van der Waals surface area contributed by atoms with Gasteiger partial charge in [-0.05, 0) is 29.0 Å². The fourth-order valence-corrected chi connectivity index (χ4v) is 4.18. The van der Waals surface area contributed by atoms with E-state index >= 15 is 0 Å². The van der Waals surface area contributed by atoms with Gasteiger partial charge < -0.3 is 10.1 Å². The van der Waals surface area contributed by atoms with Gasteiger partial charge in [0.05, 0.1) is 11.4 Å². The summed E-state index contributed by atoms with van der Waals surface area (Å²) in [7, 11) is 0. The summed E-state index contributed by atoms with van der Waals surface area (Å²) >= 11 is 1.36. The second-order valence-electron chi connectivity index (χ2n) is 6.88. The molecule has 4 aromatic rings. The van der Waals surface area contributed by atoms with Crippen LogP contribution in [0.5, 0.6) is 5.75 Å². The summed E-state index contributed by atoms with van der Waals surface area (Å²) in [5.74, 6) is 0.0389. The topological polar surface area (TPSA) is 71.5 Å². The highest BCUT2D eigenvalue weighted by molar-refractivity contribution is 7.14. The summed E-state index contributed by atoms with van der Waals surface area (Å²) < 4.78 is 5.42. The van der Waals surface area contributed by atoms with Crippen LogP contribution in [0.4, 0.5) is 10.8 Å². The minimum Gasteiger partial charge on any atom is -0.482 e. The molecule has 148 valence electrons. The zero-order valence-corrected chi connectivity index (χ0v) is 16.7. The predicted molar refractivity (Wildman–Crippen MR) is 118 cm³/mol. The summed E-state index contributed by atoms with van der Waals surface area (Å²) in [6.07, 6.45) is 0. The number of hydrogen-bond donors (Lipinski definition) is 1. The minimum absolute atomic E-state index is 0.0757. The van der Waals surface area contributed by atoms with Crippen molar-refractivity contribution in [3.05, 3.63) is 72.1 Å². The number of aromatic nitrogens is 1. The number of carbonyl (C=O) groups is 2. The van der Waals surface area contributed by atoms with Gasteiger partial charge in [-0.3, -0.25) is 14.5 Å². The molecule has 0 saturated heterocycles. The van der Waals surface area contributed by atoms with E-state index in [9.17, 15) is 9.59 Å². The van der Waals surface area contributed by atoms with E-state index in [1.54, 1.807) is 12.1 Å². The number of carbonyl (C=O) groups excluding carboxylic acids is 2. The maximum Gasteiger partial charge on any atom is 0.265 e. The van der Waals surface area contributed by atoms with E-state index in [-0.39, 0.29) is 25.0 Å². The standard InChI is InChI=1S/C23H17N3O3S/c27-21(12-26-19-7-3-4-8-20(19)29-13-22(26)28)25-23-24-18(14-30-23)17-10-9-15-5-1-2-6-16(15)11-17/h1-11,14H,12-13H2,(H,24,25,27). The van der Waals surface area contributed by atoms with Gasteiger partial charge in [-0.25, -0.2) is 4.98 Å². The third kappa shape index (κ3) is 3.51. The van der Waals surface area contributed by atoms with Crippen molar-refractivity contribution in [2.45, 2.75) is 0 Å². The van der Waals surface area contributed by atoms with Crippen LogP contribution in [0.1, 0.15) is 0 Å². The Balaban J connectivity index is 1.31. The van der Waals surface area contributed by atoms with Gasteiger partial charge in [0.15, 0.2) is 11.7 Å². The lowest BCUT2D eigenvalue weighted by Gasteiger charge is -2.28. The van der Waals surface area contributed by atoms with E-state index in [0.717, 1.165) is 16.6 Å². The number of hydrogen-bond acceptors (Lipinski definition) is 5. The van der Waals surface area contributed by atoms with Gasteiger partial charge >= 0.3 is 0 Å². The Bertz CT molecular complexity index is 1270. The van der Waals surface area contributed by atoms with Gasteiger partial charge in [0.1, 0.15) is 12.3 Å². The third-order valence-corrected chi connectivity index (χ3v) is 5.66. The summed E-state index contributed by atoms with van der Waals surface area (Å²) in [5, 5.41) is 7.51. The molecule has 0 unspecified atom stereocenters. The largest absolute Gasteiger partial charge is 0.482 e. The summed E-state index contributed by atoms with van der Waals surface area (Å²) in [4.78, 5) is 30.8. The Morgan fingerprint density at radius 2 is 1.87 bits per heavy atom. The lowest BCUT2D eigenvalue weighted by molar-refractivity contribution is -0.123. The van der Waals surface area contributed by atoms with Crippen LogP contribution in [0.15, 0.2) is 72.1 Å². The van der Waals surface area contributed by atoms with Crippen molar-refractivity contribution in [2.75, 3.05) is 23.4 Å². The third-order valence-electron chi connectivity index (χ3n) is 4.91. The smallest absolute Gasteiger partial charge is 0.265 e.